The van der Waals surface area contributed by atoms with Crippen molar-refractivity contribution in [1.29, 1.82) is 0 Å². The van der Waals surface area contributed by atoms with Gasteiger partial charge >= 0.3 is 0 Å². The molecule has 0 radical (unpaired) electrons. The van der Waals surface area contributed by atoms with Gasteiger partial charge in [0.2, 0.25) is 19.1 Å². The van der Waals surface area contributed by atoms with Crippen molar-refractivity contribution in [3.63, 3.8) is 0 Å². The van der Waals surface area contributed by atoms with Crippen molar-refractivity contribution in [2.24, 2.45) is 0 Å². The van der Waals surface area contributed by atoms with E-state index in [2.05, 4.69) is 28.5 Å². The van der Waals surface area contributed by atoms with Gasteiger partial charge in [-0.15, -0.1) is 0 Å². The number of para-hydroxylation sites is 3. The van der Waals surface area contributed by atoms with Crippen molar-refractivity contribution in [3.05, 3.63) is 59.8 Å². The summed E-state index contributed by atoms with van der Waals surface area (Å²) < 4.78 is 10.2. The van der Waals surface area contributed by atoms with Gasteiger partial charge < -0.3 is 24.7 Å². The Hall–Kier alpha value is -3.48. The number of carbonyl (C=O) groups is 2. The number of H-pyrrole nitrogens is 1. The predicted octanol–water partition coefficient (Wildman–Crippen LogP) is 3.63. The zero-order valence-corrected chi connectivity index (χ0v) is 18.0. The van der Waals surface area contributed by atoms with E-state index in [1.54, 1.807) is 6.92 Å². The Morgan fingerprint density at radius 3 is 2.42 bits per heavy atom. The van der Waals surface area contributed by atoms with Gasteiger partial charge in [-0.25, -0.2) is 0 Å². The molecule has 7 heteroatoms. The molecule has 0 saturated carbocycles. The highest BCUT2D eigenvalue weighted by Gasteiger charge is 2.21. The first kappa shape index (κ1) is 22.2. The van der Waals surface area contributed by atoms with Crippen molar-refractivity contribution >= 4 is 23.2 Å². The Bertz CT molecular complexity index is 992. The second-order valence-corrected chi connectivity index (χ2v) is 7.24. The van der Waals surface area contributed by atoms with Crippen LogP contribution in [0, 0.1) is 0 Å². The van der Waals surface area contributed by atoms with Crippen molar-refractivity contribution in [2.75, 3.05) is 19.9 Å². The normalized spacial score (nSPS) is 13.3. The van der Waals surface area contributed by atoms with Gasteiger partial charge in [-0.05, 0) is 36.6 Å². The molecule has 164 valence electrons. The fourth-order valence-electron chi connectivity index (χ4n) is 3.51. The fourth-order valence-corrected chi connectivity index (χ4v) is 3.51. The molecule has 0 saturated heterocycles. The minimum atomic E-state index is 0.157. The van der Waals surface area contributed by atoms with E-state index in [4.69, 9.17) is 9.47 Å². The van der Waals surface area contributed by atoms with Gasteiger partial charge in [0.05, 0.1) is 6.54 Å². The summed E-state index contributed by atoms with van der Waals surface area (Å²) in [4.78, 5) is 26.1. The van der Waals surface area contributed by atoms with Gasteiger partial charge in [0.25, 0.3) is 0 Å². The molecule has 0 bridgehead atoms. The molecule has 2 N–H and O–H groups in total. The maximum atomic E-state index is 11.3. The summed E-state index contributed by atoms with van der Waals surface area (Å²) in [7, 11) is 0. The number of nitrogens with one attached hydrogen (secondary N) is 2. The van der Waals surface area contributed by atoms with Gasteiger partial charge in [0.1, 0.15) is 0 Å². The molecule has 0 unspecified atom stereocenters. The molecule has 0 aliphatic carbocycles. The van der Waals surface area contributed by atoms with E-state index in [0.29, 0.717) is 13.2 Å². The molecule has 7 nitrogen and oxygen atoms in total. The highest BCUT2D eigenvalue weighted by Crippen LogP contribution is 2.30. The van der Waals surface area contributed by atoms with Gasteiger partial charge in [0, 0.05) is 36.6 Å². The number of carbonyl (C=O) groups excluding carboxylic acids is 2. The third kappa shape index (κ3) is 5.78. The highest BCUT2D eigenvalue weighted by molar-refractivity contribution is 5.85. The molecule has 31 heavy (non-hydrogen) atoms. The molecule has 2 aromatic carbocycles. The van der Waals surface area contributed by atoms with Crippen molar-refractivity contribution in [2.45, 2.75) is 33.2 Å². The number of ether oxygens (including phenoxy) is 2. The zero-order valence-electron chi connectivity index (χ0n) is 18.0. The van der Waals surface area contributed by atoms with Gasteiger partial charge in [0.15, 0.2) is 11.5 Å². The summed E-state index contributed by atoms with van der Waals surface area (Å²) in [6, 6.07) is 16.0. The van der Waals surface area contributed by atoms with Gasteiger partial charge in [-0.2, -0.15) is 0 Å². The number of nitrogens with zero attached hydrogens (tertiary/aromatic N) is 1. The van der Waals surface area contributed by atoms with E-state index in [-0.39, 0.29) is 5.91 Å². The Balaban J connectivity index is 0.000000153. The van der Waals surface area contributed by atoms with Crippen LogP contribution < -0.4 is 14.8 Å². The average Bonchev–Trinajstić information content (AvgIpc) is 3.42. The number of aromatic amines is 1. The van der Waals surface area contributed by atoms with Gasteiger partial charge in [-0.3, -0.25) is 9.59 Å². The van der Waals surface area contributed by atoms with Crippen molar-refractivity contribution in [1.82, 2.24) is 15.2 Å². The lowest BCUT2D eigenvalue weighted by Gasteiger charge is -2.25. The molecule has 2 aliphatic heterocycles. The summed E-state index contributed by atoms with van der Waals surface area (Å²) in [6.07, 6.45) is 2.68. The molecule has 0 spiro atoms. The molecule has 3 aromatic rings. The highest BCUT2D eigenvalue weighted by atomic mass is 16.7. The first-order valence-corrected chi connectivity index (χ1v) is 10.5. The quantitative estimate of drug-likeness (QED) is 0.498. The SMILES string of the molecule is CC(=O)N1CCc2c([nH]c3ccccc23)C1.CCCNC=O.c1ccc2c(c1)OCO2. The summed E-state index contributed by atoms with van der Waals surface area (Å²) >= 11 is 0. The molecule has 2 aliphatic rings. The topological polar surface area (TPSA) is 83.7 Å². The van der Waals surface area contributed by atoms with Crippen LogP contribution >= 0.6 is 0 Å². The first-order valence-electron chi connectivity index (χ1n) is 10.5. The lowest BCUT2D eigenvalue weighted by Crippen LogP contribution is -2.34. The third-order valence-corrected chi connectivity index (χ3v) is 5.08. The predicted molar refractivity (Wildman–Crippen MR) is 120 cm³/mol. The third-order valence-electron chi connectivity index (χ3n) is 5.08. The van der Waals surface area contributed by atoms with Crippen LogP contribution in [0.25, 0.3) is 10.9 Å². The Morgan fingerprint density at radius 2 is 1.81 bits per heavy atom. The number of fused-ring (bicyclic) bond motifs is 4. The van der Waals surface area contributed by atoms with E-state index in [9.17, 15) is 9.59 Å². The van der Waals surface area contributed by atoms with E-state index >= 15 is 0 Å². The van der Waals surface area contributed by atoms with Crippen LogP contribution in [0.1, 0.15) is 31.5 Å². The fraction of sp³-hybridized carbons (Fsp3) is 0.333. The van der Waals surface area contributed by atoms with E-state index in [0.717, 1.165) is 44.0 Å². The van der Waals surface area contributed by atoms with Crippen LogP contribution in [0.2, 0.25) is 0 Å². The summed E-state index contributed by atoms with van der Waals surface area (Å²) in [6.45, 7) is 6.36. The number of aromatic nitrogens is 1. The van der Waals surface area contributed by atoms with E-state index in [1.807, 2.05) is 42.2 Å². The number of hydrogen-bond acceptors (Lipinski definition) is 4. The second-order valence-electron chi connectivity index (χ2n) is 7.24. The largest absolute Gasteiger partial charge is 0.454 e. The lowest BCUT2D eigenvalue weighted by atomic mass is 10.0. The monoisotopic (exact) mass is 423 g/mol. The average molecular weight is 424 g/mol. The number of hydrogen-bond donors (Lipinski definition) is 2. The molecule has 2 amide bonds. The van der Waals surface area contributed by atoms with E-state index < -0.39 is 0 Å². The molecule has 1 aromatic heterocycles. The molecule has 0 fully saturated rings. The second kappa shape index (κ2) is 11.1. The number of rotatable bonds is 3. The van der Waals surface area contributed by atoms with E-state index in [1.165, 1.54) is 22.2 Å². The minimum absolute atomic E-state index is 0.157. The molecule has 5 rings (SSSR count). The van der Waals surface area contributed by atoms with Crippen LogP contribution in [0.4, 0.5) is 0 Å². The molecule has 0 atom stereocenters. The maximum Gasteiger partial charge on any atom is 0.231 e. The van der Waals surface area contributed by atoms with Crippen LogP contribution in [0.3, 0.4) is 0 Å². The van der Waals surface area contributed by atoms with Gasteiger partial charge in [-0.1, -0.05) is 37.3 Å². The minimum Gasteiger partial charge on any atom is -0.454 e. The van der Waals surface area contributed by atoms with Crippen LogP contribution in [-0.2, 0) is 22.6 Å². The summed E-state index contributed by atoms with van der Waals surface area (Å²) in [5.41, 5.74) is 3.76. The smallest absolute Gasteiger partial charge is 0.231 e. The first-order chi connectivity index (χ1) is 15.1. The maximum absolute atomic E-state index is 11.3. The number of benzene rings is 2. The molecular weight excluding hydrogens is 394 g/mol. The lowest BCUT2D eigenvalue weighted by molar-refractivity contribution is -0.129. The van der Waals surface area contributed by atoms with Crippen molar-refractivity contribution < 1.29 is 19.1 Å². The Morgan fingerprint density at radius 1 is 1.13 bits per heavy atom. The van der Waals surface area contributed by atoms with Crippen molar-refractivity contribution in [3.8, 4) is 11.5 Å². The Kier molecular flexibility index (Phi) is 7.92. The zero-order chi connectivity index (χ0) is 22.1. The van der Waals surface area contributed by atoms with Crippen LogP contribution in [-0.4, -0.2) is 42.1 Å². The number of amides is 2. The summed E-state index contributed by atoms with van der Waals surface area (Å²) in [5.74, 6) is 1.85. The standard InChI is InChI=1S/C13H14N2O.C7H6O2.C4H9NO/c1-9(16)15-7-6-11-10-4-2-3-5-12(10)14-13(11)8-15;1-2-4-7-6(3-1)8-5-9-7;1-2-3-5-4-6/h2-5,14H,6-8H2,1H3;1-4H,5H2;4H,2-3H2,1H3,(H,5,6). The summed E-state index contributed by atoms with van der Waals surface area (Å²) in [5, 5.41) is 3.82. The Labute approximate surface area is 182 Å². The van der Waals surface area contributed by atoms with Crippen LogP contribution in [0.15, 0.2) is 48.5 Å². The molecular formula is C24H29N3O4. The molecule has 3 heterocycles. The van der Waals surface area contributed by atoms with Crippen LogP contribution in [0.5, 0.6) is 11.5 Å².